The minimum Gasteiger partial charge on any atom is -0.350 e. The van der Waals surface area contributed by atoms with E-state index in [4.69, 9.17) is 5.73 Å². The van der Waals surface area contributed by atoms with E-state index in [0.717, 1.165) is 12.8 Å². The van der Waals surface area contributed by atoms with Crippen LogP contribution in [0.2, 0.25) is 0 Å². The van der Waals surface area contributed by atoms with Crippen LogP contribution in [0.15, 0.2) is 41.8 Å². The Morgan fingerprint density at radius 1 is 1.26 bits per heavy atom. The molecule has 0 atom stereocenters. The number of nitrogens with one attached hydrogen (secondary N) is 2. The molecule has 0 aromatic heterocycles. The van der Waals surface area contributed by atoms with Crippen molar-refractivity contribution in [3.8, 4) is 0 Å². The average Bonchev–Trinajstić information content (AvgIpc) is 2.57. The fourth-order valence-corrected chi connectivity index (χ4v) is 2.89. The number of benzene rings is 1. The molecule has 7 heteroatoms. The zero-order chi connectivity index (χ0) is 17.5. The van der Waals surface area contributed by atoms with E-state index in [1.165, 1.54) is 30.3 Å². The van der Waals surface area contributed by atoms with Gasteiger partial charge in [-0.15, -0.1) is 6.58 Å². The summed E-state index contributed by atoms with van der Waals surface area (Å²) >= 11 is 0. The topological polar surface area (TPSA) is 101 Å². The quantitative estimate of drug-likeness (QED) is 0.592. The van der Waals surface area contributed by atoms with Crippen molar-refractivity contribution in [2.75, 3.05) is 13.1 Å². The normalized spacial score (nSPS) is 12.0. The fraction of sp³-hybridized carbons (Fsp3) is 0.438. The molecule has 0 saturated carbocycles. The molecule has 0 radical (unpaired) electrons. The molecule has 6 nitrogen and oxygen atoms in total. The number of sulfonamides is 1. The molecule has 0 fully saturated rings. The summed E-state index contributed by atoms with van der Waals surface area (Å²) in [5.74, 6) is -0.273. The van der Waals surface area contributed by atoms with Crippen molar-refractivity contribution in [3.63, 3.8) is 0 Å². The van der Waals surface area contributed by atoms with Crippen molar-refractivity contribution in [1.82, 2.24) is 10.0 Å². The summed E-state index contributed by atoms with van der Waals surface area (Å²) in [6.07, 6.45) is 2.98. The Hall–Kier alpha value is -1.70. The second-order valence-corrected chi connectivity index (χ2v) is 7.18. The highest BCUT2D eigenvalue weighted by Crippen LogP contribution is 2.12. The predicted octanol–water partition coefficient (Wildman–Crippen LogP) is 1.40. The lowest BCUT2D eigenvalue weighted by Gasteiger charge is -2.26. The van der Waals surface area contributed by atoms with Gasteiger partial charge in [-0.1, -0.05) is 19.9 Å². The molecule has 1 amide bonds. The van der Waals surface area contributed by atoms with E-state index in [9.17, 15) is 13.2 Å². The molecule has 128 valence electrons. The van der Waals surface area contributed by atoms with Gasteiger partial charge in [0.25, 0.3) is 5.91 Å². The van der Waals surface area contributed by atoms with Gasteiger partial charge in [0.2, 0.25) is 10.0 Å². The maximum absolute atomic E-state index is 12.1. The number of rotatable bonds is 9. The Labute approximate surface area is 138 Å². The summed E-state index contributed by atoms with van der Waals surface area (Å²) in [4.78, 5) is 12.2. The highest BCUT2D eigenvalue weighted by atomic mass is 32.2. The first-order chi connectivity index (χ1) is 10.8. The van der Waals surface area contributed by atoms with Crippen molar-refractivity contribution in [2.24, 2.45) is 5.73 Å². The van der Waals surface area contributed by atoms with Gasteiger partial charge in [-0.25, -0.2) is 13.1 Å². The molecule has 0 heterocycles. The van der Waals surface area contributed by atoms with Crippen molar-refractivity contribution < 1.29 is 13.2 Å². The lowest BCUT2D eigenvalue weighted by Crippen LogP contribution is -2.49. The summed E-state index contributed by atoms with van der Waals surface area (Å²) < 4.78 is 26.2. The summed E-state index contributed by atoms with van der Waals surface area (Å²) in [6, 6.07) is 5.76. The van der Waals surface area contributed by atoms with Crippen LogP contribution in [0.4, 0.5) is 0 Å². The summed E-state index contributed by atoms with van der Waals surface area (Å²) in [7, 11) is -3.58. The number of hydrogen-bond acceptors (Lipinski definition) is 4. The number of hydrogen-bond donors (Lipinski definition) is 3. The average molecular weight is 339 g/mol. The first kappa shape index (κ1) is 19.3. The van der Waals surface area contributed by atoms with Crippen molar-refractivity contribution >= 4 is 15.9 Å². The van der Waals surface area contributed by atoms with E-state index >= 15 is 0 Å². The van der Waals surface area contributed by atoms with Gasteiger partial charge in [-0.3, -0.25) is 4.79 Å². The first-order valence-electron chi connectivity index (χ1n) is 7.55. The smallest absolute Gasteiger partial charge is 0.251 e. The molecule has 4 N–H and O–H groups in total. The molecule has 0 unspecified atom stereocenters. The van der Waals surface area contributed by atoms with E-state index in [-0.39, 0.29) is 17.3 Å². The lowest BCUT2D eigenvalue weighted by molar-refractivity contribution is 0.0942. The lowest BCUT2D eigenvalue weighted by atomic mass is 9.94. The molecule has 23 heavy (non-hydrogen) atoms. The standard InChI is InChI=1S/C16H25N3O3S/c1-4-11-19-23(21,22)14-9-7-13(8-10-14)15(20)18-12-16(17,5-2)6-3/h4,7-10,19H,1,5-6,11-12,17H2,2-3H3,(H,18,20). The van der Waals surface area contributed by atoms with Gasteiger partial charge in [0.15, 0.2) is 0 Å². The van der Waals surface area contributed by atoms with Crippen LogP contribution in [0.1, 0.15) is 37.0 Å². The molecule has 0 bridgehead atoms. The predicted molar refractivity (Wildman–Crippen MR) is 91.7 cm³/mol. The Morgan fingerprint density at radius 3 is 2.30 bits per heavy atom. The van der Waals surface area contributed by atoms with Crippen LogP contribution in [0, 0.1) is 0 Å². The largest absolute Gasteiger partial charge is 0.350 e. The van der Waals surface area contributed by atoms with E-state index in [1.807, 2.05) is 13.8 Å². The number of amides is 1. The maximum atomic E-state index is 12.1. The zero-order valence-corrected chi connectivity index (χ0v) is 14.4. The van der Waals surface area contributed by atoms with Crippen LogP contribution >= 0.6 is 0 Å². The summed E-state index contributed by atoms with van der Waals surface area (Å²) in [6.45, 7) is 7.94. The van der Waals surface area contributed by atoms with E-state index in [1.54, 1.807) is 0 Å². The molecule has 1 rings (SSSR count). The minimum absolute atomic E-state index is 0.103. The molecule has 0 saturated heterocycles. The van der Waals surface area contributed by atoms with Crippen LogP contribution in [0.3, 0.4) is 0 Å². The highest BCUT2D eigenvalue weighted by molar-refractivity contribution is 7.89. The van der Waals surface area contributed by atoms with Crippen LogP contribution < -0.4 is 15.8 Å². The second kappa shape index (κ2) is 8.24. The molecule has 0 aliphatic rings. The SMILES string of the molecule is C=CCNS(=O)(=O)c1ccc(C(=O)NCC(N)(CC)CC)cc1. The van der Waals surface area contributed by atoms with E-state index < -0.39 is 15.6 Å². The molecular formula is C16H25N3O3S. The Bertz CT molecular complexity index is 635. The number of carbonyl (C=O) groups is 1. The van der Waals surface area contributed by atoms with Gasteiger partial charge >= 0.3 is 0 Å². The minimum atomic E-state index is -3.58. The second-order valence-electron chi connectivity index (χ2n) is 5.42. The zero-order valence-electron chi connectivity index (χ0n) is 13.6. The van der Waals surface area contributed by atoms with Crippen molar-refractivity contribution in [1.29, 1.82) is 0 Å². The fourth-order valence-electron chi connectivity index (χ4n) is 1.90. The van der Waals surface area contributed by atoms with Gasteiger partial charge in [0, 0.05) is 24.2 Å². The van der Waals surface area contributed by atoms with E-state index in [0.29, 0.717) is 12.1 Å². The Kier molecular flexibility index (Phi) is 6.93. The van der Waals surface area contributed by atoms with Crippen LogP contribution in [0.5, 0.6) is 0 Å². The summed E-state index contributed by atoms with van der Waals surface area (Å²) in [5.41, 5.74) is 6.11. The molecule has 1 aromatic rings. The maximum Gasteiger partial charge on any atom is 0.251 e. The molecule has 0 spiro atoms. The summed E-state index contributed by atoms with van der Waals surface area (Å²) in [5, 5.41) is 2.79. The number of carbonyl (C=O) groups excluding carboxylic acids is 1. The highest BCUT2D eigenvalue weighted by Gasteiger charge is 2.21. The van der Waals surface area contributed by atoms with Gasteiger partial charge in [-0.2, -0.15) is 0 Å². The van der Waals surface area contributed by atoms with Crippen molar-refractivity contribution in [3.05, 3.63) is 42.5 Å². The molecule has 0 aliphatic carbocycles. The molecule has 0 aliphatic heterocycles. The Balaban J connectivity index is 2.76. The van der Waals surface area contributed by atoms with Gasteiger partial charge in [0.1, 0.15) is 0 Å². The Morgan fingerprint density at radius 2 is 1.83 bits per heavy atom. The van der Waals surface area contributed by atoms with Crippen molar-refractivity contribution in [2.45, 2.75) is 37.1 Å². The first-order valence-corrected chi connectivity index (χ1v) is 9.04. The van der Waals surface area contributed by atoms with Gasteiger partial charge in [0.05, 0.1) is 4.90 Å². The van der Waals surface area contributed by atoms with Gasteiger partial charge in [-0.05, 0) is 37.1 Å². The molecular weight excluding hydrogens is 314 g/mol. The number of nitrogens with two attached hydrogens (primary N) is 1. The van der Waals surface area contributed by atoms with E-state index in [2.05, 4.69) is 16.6 Å². The van der Waals surface area contributed by atoms with Crippen LogP contribution in [0.25, 0.3) is 0 Å². The van der Waals surface area contributed by atoms with Crippen LogP contribution in [-0.2, 0) is 10.0 Å². The monoisotopic (exact) mass is 339 g/mol. The third-order valence-corrected chi connectivity index (χ3v) is 5.29. The van der Waals surface area contributed by atoms with Gasteiger partial charge < -0.3 is 11.1 Å². The van der Waals surface area contributed by atoms with Crippen LogP contribution in [-0.4, -0.2) is 33.0 Å². The molecule has 1 aromatic carbocycles. The third kappa shape index (κ3) is 5.46. The third-order valence-electron chi connectivity index (χ3n) is 3.85.